The van der Waals surface area contributed by atoms with E-state index in [0.29, 0.717) is 6.04 Å². The fourth-order valence-electron chi connectivity index (χ4n) is 1.37. The SMILES string of the molecule is CC#CCCNC(CC)c1cccs1. The van der Waals surface area contributed by atoms with Crippen LogP contribution in [-0.4, -0.2) is 6.54 Å². The molecule has 0 aliphatic heterocycles. The topological polar surface area (TPSA) is 12.0 Å². The Hall–Kier alpha value is -0.780. The van der Waals surface area contributed by atoms with Gasteiger partial charge in [0.2, 0.25) is 0 Å². The highest BCUT2D eigenvalue weighted by Gasteiger charge is 2.07. The maximum atomic E-state index is 3.51. The minimum absolute atomic E-state index is 0.508. The molecule has 0 saturated carbocycles. The highest BCUT2D eigenvalue weighted by Crippen LogP contribution is 2.21. The van der Waals surface area contributed by atoms with Crippen molar-refractivity contribution >= 4 is 11.3 Å². The molecule has 0 amide bonds. The first-order valence-electron chi connectivity index (χ1n) is 5.04. The van der Waals surface area contributed by atoms with E-state index in [1.807, 2.05) is 18.3 Å². The van der Waals surface area contributed by atoms with Gasteiger partial charge in [-0.25, -0.2) is 0 Å². The van der Waals surface area contributed by atoms with E-state index < -0.39 is 0 Å². The number of rotatable bonds is 5. The first-order valence-corrected chi connectivity index (χ1v) is 5.92. The number of hydrogen-bond donors (Lipinski definition) is 1. The third kappa shape index (κ3) is 3.53. The molecule has 1 rings (SSSR count). The summed E-state index contributed by atoms with van der Waals surface area (Å²) in [6.45, 7) is 5.08. The minimum atomic E-state index is 0.508. The van der Waals surface area contributed by atoms with Crippen LogP contribution in [0.4, 0.5) is 0 Å². The summed E-state index contributed by atoms with van der Waals surface area (Å²) in [7, 11) is 0. The highest BCUT2D eigenvalue weighted by atomic mass is 32.1. The van der Waals surface area contributed by atoms with Crippen LogP contribution in [-0.2, 0) is 0 Å². The van der Waals surface area contributed by atoms with Crippen LogP contribution < -0.4 is 5.32 Å². The highest BCUT2D eigenvalue weighted by molar-refractivity contribution is 7.10. The molecule has 76 valence electrons. The van der Waals surface area contributed by atoms with E-state index in [9.17, 15) is 0 Å². The Balaban J connectivity index is 2.35. The fraction of sp³-hybridized carbons (Fsp3) is 0.500. The van der Waals surface area contributed by atoms with E-state index >= 15 is 0 Å². The lowest BCUT2D eigenvalue weighted by Crippen LogP contribution is -2.20. The lowest BCUT2D eigenvalue weighted by Gasteiger charge is -2.13. The molecule has 1 unspecified atom stereocenters. The van der Waals surface area contributed by atoms with Crippen molar-refractivity contribution in [2.45, 2.75) is 32.7 Å². The van der Waals surface area contributed by atoms with Crippen molar-refractivity contribution < 1.29 is 0 Å². The summed E-state index contributed by atoms with van der Waals surface area (Å²) in [4.78, 5) is 1.43. The Morgan fingerprint density at radius 3 is 3.00 bits per heavy atom. The Labute approximate surface area is 90.5 Å². The summed E-state index contributed by atoms with van der Waals surface area (Å²) in [6, 6.07) is 4.81. The molecule has 1 nitrogen and oxygen atoms in total. The molecule has 1 N–H and O–H groups in total. The zero-order valence-electron chi connectivity index (χ0n) is 8.84. The van der Waals surface area contributed by atoms with E-state index in [0.717, 1.165) is 19.4 Å². The lowest BCUT2D eigenvalue weighted by atomic mass is 10.2. The van der Waals surface area contributed by atoms with E-state index in [2.05, 4.69) is 41.6 Å². The molecule has 0 aliphatic carbocycles. The van der Waals surface area contributed by atoms with Gasteiger partial charge < -0.3 is 5.32 Å². The maximum Gasteiger partial charge on any atom is 0.0412 e. The summed E-state index contributed by atoms with van der Waals surface area (Å²) in [5, 5.41) is 5.65. The summed E-state index contributed by atoms with van der Waals surface area (Å²) in [6.07, 6.45) is 2.08. The predicted molar refractivity (Wildman–Crippen MR) is 63.4 cm³/mol. The monoisotopic (exact) mass is 207 g/mol. The second-order valence-electron chi connectivity index (χ2n) is 3.11. The van der Waals surface area contributed by atoms with Gasteiger partial charge in [-0.05, 0) is 24.8 Å². The molecule has 14 heavy (non-hydrogen) atoms. The van der Waals surface area contributed by atoms with Crippen molar-refractivity contribution in [1.29, 1.82) is 0 Å². The van der Waals surface area contributed by atoms with Crippen LogP contribution in [0.5, 0.6) is 0 Å². The Morgan fingerprint density at radius 1 is 1.57 bits per heavy atom. The quantitative estimate of drug-likeness (QED) is 0.577. The van der Waals surface area contributed by atoms with E-state index in [4.69, 9.17) is 0 Å². The van der Waals surface area contributed by atoms with Crippen LogP contribution in [0, 0.1) is 11.8 Å². The van der Waals surface area contributed by atoms with Crippen LogP contribution in [0.1, 0.15) is 37.6 Å². The molecule has 1 atom stereocenters. The van der Waals surface area contributed by atoms with Crippen molar-refractivity contribution in [3.63, 3.8) is 0 Å². The Morgan fingerprint density at radius 2 is 2.43 bits per heavy atom. The molecule has 0 aliphatic rings. The predicted octanol–water partition coefficient (Wildman–Crippen LogP) is 3.20. The van der Waals surface area contributed by atoms with Crippen molar-refractivity contribution in [2.75, 3.05) is 6.54 Å². The Bertz CT molecular complexity index is 292. The Kier molecular flexibility index (Phi) is 5.36. The molecule has 1 heterocycles. The zero-order chi connectivity index (χ0) is 10.2. The van der Waals surface area contributed by atoms with Gasteiger partial charge in [0.25, 0.3) is 0 Å². The van der Waals surface area contributed by atoms with Crippen LogP contribution in [0.2, 0.25) is 0 Å². The number of nitrogens with one attached hydrogen (secondary N) is 1. The fourth-order valence-corrected chi connectivity index (χ4v) is 2.26. The largest absolute Gasteiger partial charge is 0.308 e. The first-order chi connectivity index (χ1) is 6.88. The van der Waals surface area contributed by atoms with Gasteiger partial charge in [-0.3, -0.25) is 0 Å². The van der Waals surface area contributed by atoms with Crippen molar-refractivity contribution in [3.05, 3.63) is 22.4 Å². The minimum Gasteiger partial charge on any atom is -0.308 e. The molecule has 0 saturated heterocycles. The van der Waals surface area contributed by atoms with E-state index in [1.54, 1.807) is 0 Å². The number of thiophene rings is 1. The van der Waals surface area contributed by atoms with Gasteiger partial charge in [-0.2, -0.15) is 0 Å². The van der Waals surface area contributed by atoms with Crippen molar-refractivity contribution in [3.8, 4) is 11.8 Å². The second kappa shape index (κ2) is 6.64. The van der Waals surface area contributed by atoms with Crippen molar-refractivity contribution in [2.24, 2.45) is 0 Å². The number of hydrogen-bond acceptors (Lipinski definition) is 2. The smallest absolute Gasteiger partial charge is 0.0412 e. The lowest BCUT2D eigenvalue weighted by molar-refractivity contribution is 0.535. The standard InChI is InChI=1S/C12H17NS/c1-3-5-6-9-13-11(4-2)12-8-7-10-14-12/h7-8,10-11,13H,4,6,9H2,1-2H3. The zero-order valence-corrected chi connectivity index (χ0v) is 9.66. The first kappa shape index (κ1) is 11.3. The molecular weight excluding hydrogens is 190 g/mol. The van der Waals surface area contributed by atoms with Crippen LogP contribution in [0.15, 0.2) is 17.5 Å². The molecule has 0 bridgehead atoms. The molecule has 2 heteroatoms. The van der Waals surface area contributed by atoms with Crippen LogP contribution in [0.3, 0.4) is 0 Å². The van der Waals surface area contributed by atoms with Gasteiger partial charge >= 0.3 is 0 Å². The van der Waals surface area contributed by atoms with E-state index in [-0.39, 0.29) is 0 Å². The van der Waals surface area contributed by atoms with Gasteiger partial charge in [0.1, 0.15) is 0 Å². The molecule has 0 radical (unpaired) electrons. The molecular formula is C12H17NS. The molecule has 0 aromatic carbocycles. The maximum absolute atomic E-state index is 3.51. The average molecular weight is 207 g/mol. The second-order valence-corrected chi connectivity index (χ2v) is 4.09. The van der Waals surface area contributed by atoms with Gasteiger partial charge in [0.05, 0.1) is 0 Å². The summed E-state index contributed by atoms with van der Waals surface area (Å²) in [5.41, 5.74) is 0. The molecule has 1 aromatic heterocycles. The third-order valence-electron chi connectivity index (χ3n) is 2.11. The average Bonchev–Trinajstić information content (AvgIpc) is 2.71. The summed E-state index contributed by atoms with van der Waals surface area (Å²) >= 11 is 1.82. The van der Waals surface area contributed by atoms with Crippen LogP contribution >= 0.6 is 11.3 Å². The normalized spacial score (nSPS) is 11.9. The summed E-state index contributed by atoms with van der Waals surface area (Å²) in [5.74, 6) is 5.97. The molecule has 1 aromatic rings. The van der Waals surface area contributed by atoms with Crippen LogP contribution in [0.25, 0.3) is 0 Å². The van der Waals surface area contributed by atoms with Gasteiger partial charge in [0.15, 0.2) is 0 Å². The molecule has 0 spiro atoms. The summed E-state index contributed by atoms with van der Waals surface area (Å²) < 4.78 is 0. The third-order valence-corrected chi connectivity index (χ3v) is 3.10. The molecule has 0 fully saturated rings. The van der Waals surface area contributed by atoms with E-state index in [1.165, 1.54) is 4.88 Å². The van der Waals surface area contributed by atoms with Crippen molar-refractivity contribution in [1.82, 2.24) is 5.32 Å². The van der Waals surface area contributed by atoms with Gasteiger partial charge in [-0.1, -0.05) is 13.0 Å². The van der Waals surface area contributed by atoms with Gasteiger partial charge in [-0.15, -0.1) is 23.2 Å². The van der Waals surface area contributed by atoms with Gasteiger partial charge in [0, 0.05) is 23.9 Å².